The summed E-state index contributed by atoms with van der Waals surface area (Å²) in [6, 6.07) is 5.25. The first-order valence-corrected chi connectivity index (χ1v) is 5.44. The van der Waals surface area contributed by atoms with Gasteiger partial charge in [0, 0.05) is 6.54 Å². The number of para-hydroxylation sites is 1. The van der Waals surface area contributed by atoms with Crippen molar-refractivity contribution in [2.45, 2.75) is 20.3 Å². The van der Waals surface area contributed by atoms with Gasteiger partial charge in [0.25, 0.3) is 5.91 Å². The number of nitrogens with one attached hydrogen (secondary N) is 1. The Morgan fingerprint density at radius 3 is 2.69 bits per heavy atom. The predicted molar refractivity (Wildman–Crippen MR) is 67.3 cm³/mol. The highest BCUT2D eigenvalue weighted by Gasteiger charge is 2.08. The molecule has 1 aromatic carbocycles. The van der Waals surface area contributed by atoms with Crippen LogP contribution in [0, 0.1) is 5.92 Å². The second kappa shape index (κ2) is 5.39. The van der Waals surface area contributed by atoms with Crippen molar-refractivity contribution >= 4 is 17.3 Å². The van der Waals surface area contributed by atoms with Gasteiger partial charge in [0.15, 0.2) is 0 Å². The van der Waals surface area contributed by atoms with Gasteiger partial charge in [-0.15, -0.1) is 0 Å². The van der Waals surface area contributed by atoms with Crippen LogP contribution in [0.4, 0.5) is 11.4 Å². The number of carbonyl (C=O) groups is 1. The number of primary amides is 1. The van der Waals surface area contributed by atoms with Gasteiger partial charge in [0.05, 0.1) is 16.9 Å². The number of anilines is 2. The van der Waals surface area contributed by atoms with Gasteiger partial charge in [-0.3, -0.25) is 4.79 Å². The van der Waals surface area contributed by atoms with Gasteiger partial charge in [0.1, 0.15) is 0 Å². The molecule has 4 nitrogen and oxygen atoms in total. The normalized spacial score (nSPS) is 10.4. The van der Waals surface area contributed by atoms with Gasteiger partial charge in [-0.2, -0.15) is 0 Å². The molecule has 0 spiro atoms. The van der Waals surface area contributed by atoms with E-state index in [1.807, 2.05) is 6.07 Å². The van der Waals surface area contributed by atoms with Crippen LogP contribution in [0.5, 0.6) is 0 Å². The molecule has 0 atom stereocenters. The lowest BCUT2D eigenvalue weighted by Gasteiger charge is -2.12. The molecule has 0 heterocycles. The molecule has 88 valence electrons. The van der Waals surface area contributed by atoms with Crippen LogP contribution in [-0.4, -0.2) is 12.5 Å². The highest BCUT2D eigenvalue weighted by molar-refractivity contribution is 6.00. The van der Waals surface area contributed by atoms with Crippen molar-refractivity contribution in [2.24, 2.45) is 11.7 Å². The minimum absolute atomic E-state index is 0.370. The van der Waals surface area contributed by atoms with E-state index in [9.17, 15) is 4.79 Å². The number of amides is 1. The topological polar surface area (TPSA) is 81.1 Å². The van der Waals surface area contributed by atoms with Crippen molar-refractivity contribution in [3.63, 3.8) is 0 Å². The molecule has 16 heavy (non-hydrogen) atoms. The van der Waals surface area contributed by atoms with Crippen LogP contribution >= 0.6 is 0 Å². The lowest BCUT2D eigenvalue weighted by Crippen LogP contribution is -2.15. The van der Waals surface area contributed by atoms with E-state index in [0.717, 1.165) is 18.7 Å². The number of carbonyl (C=O) groups excluding carboxylic acids is 1. The van der Waals surface area contributed by atoms with Gasteiger partial charge in [0.2, 0.25) is 0 Å². The zero-order chi connectivity index (χ0) is 12.1. The van der Waals surface area contributed by atoms with E-state index in [0.29, 0.717) is 17.2 Å². The van der Waals surface area contributed by atoms with Crippen molar-refractivity contribution < 1.29 is 4.79 Å². The maximum Gasteiger partial charge on any atom is 0.250 e. The minimum atomic E-state index is -0.495. The maximum atomic E-state index is 11.1. The molecular weight excluding hydrogens is 202 g/mol. The van der Waals surface area contributed by atoms with E-state index in [1.165, 1.54) is 0 Å². The fourth-order valence-electron chi connectivity index (χ4n) is 1.43. The quantitative estimate of drug-likeness (QED) is 0.663. The summed E-state index contributed by atoms with van der Waals surface area (Å²) < 4.78 is 0. The van der Waals surface area contributed by atoms with Crippen molar-refractivity contribution in [1.29, 1.82) is 0 Å². The number of benzene rings is 1. The molecule has 0 saturated carbocycles. The number of hydrogen-bond donors (Lipinski definition) is 3. The number of nitrogen functional groups attached to an aromatic ring is 1. The van der Waals surface area contributed by atoms with Gasteiger partial charge in [-0.25, -0.2) is 0 Å². The number of nitrogens with two attached hydrogens (primary N) is 2. The Hall–Kier alpha value is -1.71. The average Bonchev–Trinajstić information content (AvgIpc) is 2.19. The van der Waals surface area contributed by atoms with Crippen LogP contribution in [0.25, 0.3) is 0 Å². The van der Waals surface area contributed by atoms with Gasteiger partial charge < -0.3 is 16.8 Å². The molecular formula is C12H19N3O. The second-order valence-electron chi connectivity index (χ2n) is 4.24. The molecule has 0 aliphatic heterocycles. The molecule has 0 aromatic heterocycles. The summed E-state index contributed by atoms with van der Waals surface area (Å²) in [5.74, 6) is 0.137. The molecule has 0 bridgehead atoms. The first-order valence-electron chi connectivity index (χ1n) is 5.44. The van der Waals surface area contributed by atoms with E-state index in [1.54, 1.807) is 12.1 Å². The first kappa shape index (κ1) is 12.4. The molecule has 5 N–H and O–H groups in total. The third-order valence-electron chi connectivity index (χ3n) is 2.41. The second-order valence-corrected chi connectivity index (χ2v) is 4.24. The Balaban J connectivity index is 2.73. The summed E-state index contributed by atoms with van der Waals surface area (Å²) >= 11 is 0. The number of rotatable bonds is 5. The monoisotopic (exact) mass is 221 g/mol. The third kappa shape index (κ3) is 3.15. The fraction of sp³-hybridized carbons (Fsp3) is 0.417. The molecule has 0 fully saturated rings. The van der Waals surface area contributed by atoms with Crippen molar-refractivity contribution in [2.75, 3.05) is 17.6 Å². The Kier molecular flexibility index (Phi) is 4.17. The van der Waals surface area contributed by atoms with Crippen LogP contribution in [-0.2, 0) is 0 Å². The molecule has 0 unspecified atom stereocenters. The van der Waals surface area contributed by atoms with Crippen LogP contribution in [0.15, 0.2) is 18.2 Å². The third-order valence-corrected chi connectivity index (χ3v) is 2.41. The first-order chi connectivity index (χ1) is 7.52. The maximum absolute atomic E-state index is 11.1. The molecule has 4 heteroatoms. The van der Waals surface area contributed by atoms with Crippen LogP contribution in [0.2, 0.25) is 0 Å². The predicted octanol–water partition coefficient (Wildman–Crippen LogP) is 1.83. The molecule has 0 radical (unpaired) electrons. The summed E-state index contributed by atoms with van der Waals surface area (Å²) in [5, 5.41) is 3.21. The number of hydrogen-bond acceptors (Lipinski definition) is 3. The van der Waals surface area contributed by atoms with Crippen LogP contribution in [0.1, 0.15) is 30.6 Å². The smallest absolute Gasteiger partial charge is 0.250 e. The van der Waals surface area contributed by atoms with Crippen LogP contribution in [0.3, 0.4) is 0 Å². The van der Waals surface area contributed by atoms with E-state index < -0.39 is 5.91 Å². The zero-order valence-corrected chi connectivity index (χ0v) is 9.79. The molecule has 0 saturated heterocycles. The van der Waals surface area contributed by atoms with Crippen LogP contribution < -0.4 is 16.8 Å². The Morgan fingerprint density at radius 1 is 1.44 bits per heavy atom. The molecule has 1 amide bonds. The summed E-state index contributed by atoms with van der Waals surface area (Å²) in [5.41, 5.74) is 12.6. The molecule has 1 aromatic rings. The van der Waals surface area contributed by atoms with Crippen molar-refractivity contribution in [3.8, 4) is 0 Å². The standard InChI is InChI=1S/C12H19N3O/c1-8(2)6-7-15-10-5-3-4-9(11(10)13)12(14)16/h3-5,8,15H,6-7,13H2,1-2H3,(H2,14,16). The summed E-state index contributed by atoms with van der Waals surface area (Å²) in [4.78, 5) is 11.1. The molecule has 0 aliphatic carbocycles. The van der Waals surface area contributed by atoms with Gasteiger partial charge >= 0.3 is 0 Å². The van der Waals surface area contributed by atoms with Gasteiger partial charge in [-0.1, -0.05) is 19.9 Å². The Labute approximate surface area is 96.0 Å². The minimum Gasteiger partial charge on any atom is -0.396 e. The highest BCUT2D eigenvalue weighted by Crippen LogP contribution is 2.22. The summed E-state index contributed by atoms with van der Waals surface area (Å²) in [7, 11) is 0. The lowest BCUT2D eigenvalue weighted by molar-refractivity contribution is 0.100. The Bertz CT molecular complexity index is 375. The SMILES string of the molecule is CC(C)CCNc1cccc(C(N)=O)c1N. The molecule has 0 aliphatic rings. The summed E-state index contributed by atoms with van der Waals surface area (Å²) in [6.07, 6.45) is 1.06. The van der Waals surface area contributed by atoms with E-state index in [4.69, 9.17) is 11.5 Å². The molecule has 1 rings (SSSR count). The lowest BCUT2D eigenvalue weighted by atomic mass is 10.1. The Morgan fingerprint density at radius 2 is 2.12 bits per heavy atom. The van der Waals surface area contributed by atoms with E-state index in [-0.39, 0.29) is 0 Å². The largest absolute Gasteiger partial charge is 0.396 e. The van der Waals surface area contributed by atoms with E-state index in [2.05, 4.69) is 19.2 Å². The average molecular weight is 221 g/mol. The van der Waals surface area contributed by atoms with Gasteiger partial charge in [-0.05, 0) is 24.5 Å². The fourth-order valence-corrected chi connectivity index (χ4v) is 1.43. The zero-order valence-electron chi connectivity index (χ0n) is 9.79. The van der Waals surface area contributed by atoms with Crippen molar-refractivity contribution in [1.82, 2.24) is 0 Å². The summed E-state index contributed by atoms with van der Waals surface area (Å²) in [6.45, 7) is 5.15. The van der Waals surface area contributed by atoms with Crippen molar-refractivity contribution in [3.05, 3.63) is 23.8 Å². The highest BCUT2D eigenvalue weighted by atomic mass is 16.1. The van der Waals surface area contributed by atoms with E-state index >= 15 is 0 Å².